The van der Waals surface area contributed by atoms with Gasteiger partial charge in [0.25, 0.3) is 5.91 Å². The van der Waals surface area contributed by atoms with E-state index in [9.17, 15) is 18.4 Å². The van der Waals surface area contributed by atoms with Crippen LogP contribution in [0.25, 0.3) is 0 Å². The highest BCUT2D eigenvalue weighted by atomic mass is 32.1. The van der Waals surface area contributed by atoms with Crippen molar-refractivity contribution in [2.75, 3.05) is 7.05 Å². The Hall–Kier alpha value is -2.42. The van der Waals surface area contributed by atoms with Crippen molar-refractivity contribution in [3.05, 3.63) is 46.0 Å². The summed E-state index contributed by atoms with van der Waals surface area (Å²) in [4.78, 5) is 24.6. The lowest BCUT2D eigenvalue weighted by Crippen LogP contribution is -2.39. The Balaban J connectivity index is 2.30. The molecule has 0 spiro atoms. The number of aromatic nitrogens is 2. The first-order valence-corrected chi connectivity index (χ1v) is 7.53. The predicted octanol–water partition coefficient (Wildman–Crippen LogP) is 1.60. The van der Waals surface area contributed by atoms with Crippen molar-refractivity contribution in [1.29, 1.82) is 0 Å². The molecule has 1 heterocycles. The second kappa shape index (κ2) is 7.23. The second-order valence-electron chi connectivity index (χ2n) is 4.60. The van der Waals surface area contributed by atoms with Crippen LogP contribution < -0.4 is 10.6 Å². The largest absolute Gasteiger partial charge is 0.357 e. The fraction of sp³-hybridized carbons (Fsp3) is 0.286. The molecule has 1 aromatic heterocycles. The molecule has 2 amide bonds. The van der Waals surface area contributed by atoms with E-state index in [1.165, 1.54) is 13.1 Å². The van der Waals surface area contributed by atoms with Gasteiger partial charge in [-0.05, 0) is 35.6 Å². The van der Waals surface area contributed by atoms with Crippen molar-refractivity contribution >= 4 is 23.3 Å². The number of carbonyl (C=O) groups is 2. The lowest BCUT2D eigenvalue weighted by atomic mass is 10.1. The van der Waals surface area contributed by atoms with Crippen LogP contribution in [0.5, 0.6) is 0 Å². The van der Waals surface area contributed by atoms with Crippen molar-refractivity contribution in [3.63, 3.8) is 0 Å². The van der Waals surface area contributed by atoms with Crippen LogP contribution in [-0.4, -0.2) is 28.4 Å². The first kappa shape index (κ1) is 16.9. The molecule has 0 aliphatic carbocycles. The summed E-state index contributed by atoms with van der Waals surface area (Å²) < 4.78 is 30.2. The highest BCUT2D eigenvalue weighted by Gasteiger charge is 2.25. The zero-order chi connectivity index (χ0) is 17.0. The molecule has 0 fully saturated rings. The van der Waals surface area contributed by atoms with Crippen LogP contribution in [0, 0.1) is 11.6 Å². The summed E-state index contributed by atoms with van der Waals surface area (Å²) in [5, 5.41) is 8.70. The minimum atomic E-state index is -1.16. The number of hydrogen-bond acceptors (Lipinski definition) is 5. The summed E-state index contributed by atoms with van der Waals surface area (Å²) >= 11 is 0.905. The van der Waals surface area contributed by atoms with Gasteiger partial charge < -0.3 is 10.6 Å². The van der Waals surface area contributed by atoms with E-state index < -0.39 is 29.5 Å². The first-order chi connectivity index (χ1) is 11.0. The van der Waals surface area contributed by atoms with Gasteiger partial charge in [-0.2, -0.15) is 0 Å². The number of halogens is 2. The highest BCUT2D eigenvalue weighted by Crippen LogP contribution is 2.19. The summed E-state index contributed by atoms with van der Waals surface area (Å²) in [5.41, 5.74) is 0.639. The number of carbonyl (C=O) groups excluding carboxylic acids is 2. The van der Waals surface area contributed by atoms with Gasteiger partial charge in [-0.15, -0.1) is 5.10 Å². The molecule has 0 saturated heterocycles. The average Bonchev–Trinajstić information content (AvgIpc) is 3.03. The smallest absolute Gasteiger partial charge is 0.265 e. The van der Waals surface area contributed by atoms with E-state index in [-0.39, 0.29) is 10.4 Å². The number of benzene rings is 1. The molecule has 122 valence electrons. The molecule has 0 aliphatic heterocycles. The molecule has 0 bridgehead atoms. The Labute approximate surface area is 135 Å². The molecule has 1 atom stereocenters. The number of nitrogens with zero attached hydrogens (tertiary/aromatic N) is 2. The number of amides is 2. The number of likely N-dealkylation sites (N-methyl/N-ethyl adjacent to an activating group) is 1. The van der Waals surface area contributed by atoms with Crippen LogP contribution in [0.15, 0.2) is 18.2 Å². The van der Waals surface area contributed by atoms with Crippen molar-refractivity contribution < 1.29 is 18.4 Å². The molecule has 2 N–H and O–H groups in total. The number of nitrogens with one attached hydrogen (secondary N) is 2. The second-order valence-corrected chi connectivity index (χ2v) is 5.35. The van der Waals surface area contributed by atoms with Crippen LogP contribution in [0.1, 0.15) is 33.9 Å². The minimum Gasteiger partial charge on any atom is -0.357 e. The van der Waals surface area contributed by atoms with E-state index in [1.54, 1.807) is 0 Å². The third kappa shape index (κ3) is 3.67. The standard InChI is InChI=1S/C14H14F2N4O2S/c1-3-10-12(23-20-19-10)14(22)18-11(13(21)17-2)7-4-5-8(15)9(16)6-7/h4-6,11H,3H2,1-2H3,(H,17,21)(H,18,22). The molecule has 0 radical (unpaired) electrons. The molecule has 1 unspecified atom stereocenters. The van der Waals surface area contributed by atoms with E-state index >= 15 is 0 Å². The summed E-state index contributed by atoms with van der Waals surface area (Å²) in [6.07, 6.45) is 0.509. The lowest BCUT2D eigenvalue weighted by Gasteiger charge is -2.17. The molecule has 23 heavy (non-hydrogen) atoms. The topological polar surface area (TPSA) is 84.0 Å². The highest BCUT2D eigenvalue weighted by molar-refractivity contribution is 7.08. The fourth-order valence-corrected chi connectivity index (χ4v) is 2.60. The monoisotopic (exact) mass is 340 g/mol. The molecular formula is C14H14F2N4O2S. The number of rotatable bonds is 5. The average molecular weight is 340 g/mol. The maximum absolute atomic E-state index is 13.4. The lowest BCUT2D eigenvalue weighted by molar-refractivity contribution is -0.122. The fourth-order valence-electron chi connectivity index (χ4n) is 1.95. The third-order valence-electron chi connectivity index (χ3n) is 3.16. The van der Waals surface area contributed by atoms with E-state index in [4.69, 9.17) is 0 Å². The Morgan fingerprint density at radius 3 is 2.65 bits per heavy atom. The minimum absolute atomic E-state index is 0.132. The van der Waals surface area contributed by atoms with Gasteiger partial charge in [0, 0.05) is 7.05 Å². The maximum atomic E-state index is 13.4. The number of hydrogen-bond donors (Lipinski definition) is 2. The molecule has 6 nitrogen and oxygen atoms in total. The van der Waals surface area contributed by atoms with E-state index in [2.05, 4.69) is 20.2 Å². The summed E-state index contributed by atoms with van der Waals surface area (Å²) in [5.74, 6) is -3.23. The third-order valence-corrected chi connectivity index (χ3v) is 3.92. The van der Waals surface area contributed by atoms with Crippen LogP contribution in [0.2, 0.25) is 0 Å². The van der Waals surface area contributed by atoms with E-state index in [1.807, 2.05) is 6.92 Å². The molecule has 0 aliphatic rings. The van der Waals surface area contributed by atoms with Gasteiger partial charge in [-0.25, -0.2) is 8.78 Å². The van der Waals surface area contributed by atoms with Gasteiger partial charge in [0.15, 0.2) is 11.6 Å². The van der Waals surface area contributed by atoms with Crippen LogP contribution in [0.4, 0.5) is 8.78 Å². The summed E-state index contributed by atoms with van der Waals surface area (Å²) in [7, 11) is 1.38. The van der Waals surface area contributed by atoms with Gasteiger partial charge >= 0.3 is 0 Å². The Kier molecular flexibility index (Phi) is 5.32. The van der Waals surface area contributed by atoms with Crippen molar-refractivity contribution in [2.45, 2.75) is 19.4 Å². The zero-order valence-electron chi connectivity index (χ0n) is 12.4. The first-order valence-electron chi connectivity index (χ1n) is 6.76. The van der Waals surface area contributed by atoms with Gasteiger partial charge in [0.05, 0.1) is 5.69 Å². The number of aryl methyl sites for hydroxylation is 1. The van der Waals surface area contributed by atoms with Crippen LogP contribution >= 0.6 is 11.5 Å². The SMILES string of the molecule is CCc1nnsc1C(=O)NC(C(=O)NC)c1ccc(F)c(F)c1. The zero-order valence-corrected chi connectivity index (χ0v) is 13.2. The maximum Gasteiger partial charge on any atom is 0.265 e. The predicted molar refractivity (Wildman–Crippen MR) is 79.9 cm³/mol. The summed E-state index contributed by atoms with van der Waals surface area (Å²) in [6, 6.07) is 1.86. The molecule has 1 aromatic carbocycles. The van der Waals surface area contributed by atoms with E-state index in [0.29, 0.717) is 12.1 Å². The Morgan fingerprint density at radius 2 is 2.04 bits per heavy atom. The molecule has 0 saturated carbocycles. The normalized spacial score (nSPS) is 11.8. The van der Waals surface area contributed by atoms with Crippen LogP contribution in [-0.2, 0) is 11.2 Å². The van der Waals surface area contributed by atoms with Crippen LogP contribution in [0.3, 0.4) is 0 Å². The van der Waals surface area contributed by atoms with E-state index in [0.717, 1.165) is 23.7 Å². The van der Waals surface area contributed by atoms with Gasteiger partial charge in [0.2, 0.25) is 5.91 Å². The summed E-state index contributed by atoms with van der Waals surface area (Å²) in [6.45, 7) is 1.82. The van der Waals surface area contributed by atoms with Gasteiger partial charge in [-0.3, -0.25) is 9.59 Å². The Bertz CT molecular complexity index is 735. The van der Waals surface area contributed by atoms with Gasteiger partial charge in [0.1, 0.15) is 10.9 Å². The molecule has 2 aromatic rings. The molecular weight excluding hydrogens is 326 g/mol. The van der Waals surface area contributed by atoms with Crippen molar-refractivity contribution in [2.24, 2.45) is 0 Å². The molecule has 9 heteroatoms. The molecule has 2 rings (SSSR count). The Morgan fingerprint density at radius 1 is 1.30 bits per heavy atom. The quantitative estimate of drug-likeness (QED) is 0.866. The van der Waals surface area contributed by atoms with Crippen molar-refractivity contribution in [3.8, 4) is 0 Å². The van der Waals surface area contributed by atoms with Crippen molar-refractivity contribution in [1.82, 2.24) is 20.2 Å². The van der Waals surface area contributed by atoms with Gasteiger partial charge in [-0.1, -0.05) is 17.5 Å².